The molecule has 7 rings (SSSR count). The van der Waals surface area contributed by atoms with Crippen LogP contribution in [-0.2, 0) is 34.6 Å². The third-order valence-corrected chi connectivity index (χ3v) is 10.5. The number of amides is 1. The summed E-state index contributed by atoms with van der Waals surface area (Å²) in [4.78, 5) is 36.8. The maximum Gasteiger partial charge on any atom is 0.415 e. The summed E-state index contributed by atoms with van der Waals surface area (Å²) < 4.78 is 20.2. The average Bonchev–Trinajstić information content (AvgIpc) is 3.44. The molecule has 9 nitrogen and oxygen atoms in total. The van der Waals surface area contributed by atoms with Gasteiger partial charge in [-0.05, 0) is 95.3 Å². The molecule has 244 valence electrons. The molecule has 6 heterocycles. The fourth-order valence-corrected chi connectivity index (χ4v) is 8.19. The first-order valence-corrected chi connectivity index (χ1v) is 17.2. The van der Waals surface area contributed by atoms with Crippen molar-refractivity contribution in [1.29, 1.82) is 0 Å². The summed E-state index contributed by atoms with van der Waals surface area (Å²) in [5.41, 5.74) is 5.03. The lowest BCUT2D eigenvalue weighted by atomic mass is 9.84. The van der Waals surface area contributed by atoms with E-state index in [0.29, 0.717) is 36.1 Å². The van der Waals surface area contributed by atoms with E-state index in [0.717, 1.165) is 71.3 Å². The van der Waals surface area contributed by atoms with Gasteiger partial charge in [-0.15, -0.1) is 0 Å². The van der Waals surface area contributed by atoms with Crippen LogP contribution in [0.5, 0.6) is 5.75 Å². The second kappa shape index (κ2) is 12.2. The van der Waals surface area contributed by atoms with Crippen molar-refractivity contribution in [2.75, 3.05) is 26.2 Å². The van der Waals surface area contributed by atoms with Crippen molar-refractivity contribution in [1.82, 2.24) is 19.4 Å². The molecular formula is C37H46N4O5. The molecule has 2 fully saturated rings. The van der Waals surface area contributed by atoms with E-state index in [1.165, 1.54) is 32.4 Å². The summed E-state index contributed by atoms with van der Waals surface area (Å²) >= 11 is 0. The molecule has 2 saturated heterocycles. The highest BCUT2D eigenvalue weighted by Crippen LogP contribution is 2.46. The number of carbonyl (C=O) groups excluding carboxylic acids is 1. The number of hydrogen-bond donors (Lipinski definition) is 0. The number of aryl methyl sites for hydroxylation is 1. The Morgan fingerprint density at radius 1 is 1.09 bits per heavy atom. The molecule has 1 aromatic carbocycles. The summed E-state index contributed by atoms with van der Waals surface area (Å²) in [6.45, 7) is 16.7. The molecule has 0 saturated carbocycles. The molecule has 0 spiro atoms. The second-order valence-electron chi connectivity index (χ2n) is 13.5. The third kappa shape index (κ3) is 5.12. The number of likely N-dealkylation sites (tertiary alicyclic amines) is 2. The first-order chi connectivity index (χ1) is 22.2. The van der Waals surface area contributed by atoms with E-state index < -0.39 is 5.60 Å². The number of carbonyl (C=O) groups is 1. The van der Waals surface area contributed by atoms with Crippen molar-refractivity contribution < 1.29 is 19.0 Å². The van der Waals surface area contributed by atoms with Gasteiger partial charge in [-0.3, -0.25) is 4.79 Å². The number of fused-ring (bicyclic) bond motifs is 5. The fraction of sp³-hybridized carbons (Fsp3) is 0.541. The largest absolute Gasteiger partial charge is 0.490 e. The number of pyridine rings is 2. The summed E-state index contributed by atoms with van der Waals surface area (Å²) in [6.07, 6.45) is 6.85. The van der Waals surface area contributed by atoms with E-state index in [2.05, 4.69) is 24.5 Å². The highest BCUT2D eigenvalue weighted by atomic mass is 16.6. The Balaban J connectivity index is 1.18. The smallest absolute Gasteiger partial charge is 0.415 e. The van der Waals surface area contributed by atoms with Gasteiger partial charge in [-0.1, -0.05) is 26.8 Å². The zero-order chi connectivity index (χ0) is 32.2. The van der Waals surface area contributed by atoms with Gasteiger partial charge in [0.15, 0.2) is 0 Å². The standard InChI is InChI=1S/C37H46N4O5/c1-6-27-28-19-26(45-36(43)40-17-13-25(14-18-40)39-15-9-8-10-16-39)11-12-32(28)38-34-29(27)21-41-33(34)20-31-30(35(41)42)22-44-24(5)37(31,7-2)46-23(3)4/h11-12,19-20,23,25H,5-10,13-18,21-22H2,1-4H3. The molecule has 0 bridgehead atoms. The Labute approximate surface area is 271 Å². The van der Waals surface area contributed by atoms with Gasteiger partial charge in [0.25, 0.3) is 5.56 Å². The van der Waals surface area contributed by atoms with Gasteiger partial charge in [0.2, 0.25) is 0 Å². The van der Waals surface area contributed by atoms with Crippen LogP contribution in [0.1, 0.15) is 88.5 Å². The van der Waals surface area contributed by atoms with Crippen LogP contribution in [0.25, 0.3) is 22.3 Å². The molecule has 0 aliphatic carbocycles. The summed E-state index contributed by atoms with van der Waals surface area (Å²) in [5.74, 6) is 1.05. The van der Waals surface area contributed by atoms with E-state index in [4.69, 9.17) is 19.2 Å². The van der Waals surface area contributed by atoms with Crippen LogP contribution in [-0.4, -0.2) is 63.8 Å². The minimum atomic E-state index is -0.898. The van der Waals surface area contributed by atoms with E-state index in [1.54, 1.807) is 0 Å². The molecule has 1 amide bonds. The van der Waals surface area contributed by atoms with Crippen LogP contribution in [0.15, 0.2) is 41.4 Å². The lowest BCUT2D eigenvalue weighted by Crippen LogP contribution is -2.48. The SMILES string of the molecule is C=C1OCc2c(cc3n(c2=O)Cc2c-3nc3ccc(OC(=O)N4CCC(N5CCCCC5)CC4)cc3c2CC)C1(CC)OC(C)C. The molecule has 0 N–H and O–H groups in total. The third-order valence-electron chi connectivity index (χ3n) is 10.5. The van der Waals surface area contributed by atoms with Gasteiger partial charge in [-0.2, -0.15) is 0 Å². The quantitative estimate of drug-likeness (QED) is 0.241. The lowest BCUT2D eigenvalue weighted by molar-refractivity contribution is -0.105. The maximum atomic E-state index is 14.0. The zero-order valence-electron chi connectivity index (χ0n) is 27.7. The first-order valence-electron chi connectivity index (χ1n) is 17.2. The Bertz CT molecular complexity index is 1750. The molecule has 4 aliphatic heterocycles. The number of ether oxygens (including phenoxy) is 3. The van der Waals surface area contributed by atoms with Crippen molar-refractivity contribution >= 4 is 17.0 Å². The van der Waals surface area contributed by atoms with E-state index in [9.17, 15) is 9.59 Å². The highest BCUT2D eigenvalue weighted by molar-refractivity contribution is 5.89. The summed E-state index contributed by atoms with van der Waals surface area (Å²) in [5, 5.41) is 0.948. The van der Waals surface area contributed by atoms with Gasteiger partial charge in [0, 0.05) is 35.6 Å². The minimum Gasteiger partial charge on any atom is -0.490 e. The van der Waals surface area contributed by atoms with Crippen molar-refractivity contribution in [2.45, 2.75) is 104 Å². The van der Waals surface area contributed by atoms with Gasteiger partial charge < -0.3 is 28.6 Å². The van der Waals surface area contributed by atoms with E-state index in [1.807, 2.05) is 48.4 Å². The molecule has 1 unspecified atom stereocenters. The number of nitrogens with zero attached hydrogens (tertiary/aromatic N) is 4. The molecule has 4 aliphatic rings. The van der Waals surface area contributed by atoms with E-state index in [-0.39, 0.29) is 24.4 Å². The predicted molar refractivity (Wildman–Crippen MR) is 178 cm³/mol. The Morgan fingerprint density at radius 3 is 2.54 bits per heavy atom. The fourth-order valence-electron chi connectivity index (χ4n) is 8.19. The number of hydrogen-bond acceptors (Lipinski definition) is 7. The molecule has 46 heavy (non-hydrogen) atoms. The molecular weight excluding hydrogens is 580 g/mol. The number of piperidine rings is 2. The molecule has 0 radical (unpaired) electrons. The topological polar surface area (TPSA) is 86.1 Å². The molecule has 1 atom stereocenters. The van der Waals surface area contributed by atoms with Gasteiger partial charge in [0.05, 0.1) is 35.1 Å². The summed E-state index contributed by atoms with van der Waals surface area (Å²) in [6, 6.07) is 8.33. The molecule has 2 aromatic heterocycles. The van der Waals surface area contributed by atoms with Crippen LogP contribution in [0, 0.1) is 0 Å². The Hall–Kier alpha value is -3.69. The van der Waals surface area contributed by atoms with Gasteiger partial charge in [-0.25, -0.2) is 9.78 Å². The van der Waals surface area contributed by atoms with Crippen LogP contribution in [0.3, 0.4) is 0 Å². The van der Waals surface area contributed by atoms with Crippen LogP contribution < -0.4 is 10.3 Å². The predicted octanol–water partition coefficient (Wildman–Crippen LogP) is 6.51. The lowest BCUT2D eigenvalue weighted by Gasteiger charge is -2.41. The van der Waals surface area contributed by atoms with Crippen molar-refractivity contribution in [2.24, 2.45) is 0 Å². The van der Waals surface area contributed by atoms with Crippen molar-refractivity contribution in [3.63, 3.8) is 0 Å². The monoisotopic (exact) mass is 626 g/mol. The maximum absolute atomic E-state index is 14.0. The van der Waals surface area contributed by atoms with Crippen molar-refractivity contribution in [3.8, 4) is 17.1 Å². The minimum absolute atomic E-state index is 0.0760. The normalized spacial score (nSPS) is 21.7. The van der Waals surface area contributed by atoms with Gasteiger partial charge >= 0.3 is 6.09 Å². The Kier molecular flexibility index (Phi) is 8.18. The van der Waals surface area contributed by atoms with E-state index >= 15 is 0 Å². The molecule has 9 heteroatoms. The Morgan fingerprint density at radius 2 is 1.85 bits per heavy atom. The average molecular weight is 627 g/mol. The summed E-state index contributed by atoms with van der Waals surface area (Å²) in [7, 11) is 0. The zero-order valence-corrected chi connectivity index (χ0v) is 27.7. The number of aromatic nitrogens is 2. The van der Waals surface area contributed by atoms with Crippen LogP contribution in [0.2, 0.25) is 0 Å². The van der Waals surface area contributed by atoms with Crippen molar-refractivity contribution in [3.05, 3.63) is 69.2 Å². The molecule has 3 aromatic rings. The number of benzene rings is 1. The highest BCUT2D eigenvalue weighted by Gasteiger charge is 2.45. The van der Waals surface area contributed by atoms with Crippen LogP contribution in [0.4, 0.5) is 4.79 Å². The number of rotatable bonds is 6. The van der Waals surface area contributed by atoms with Gasteiger partial charge in [0.1, 0.15) is 23.7 Å². The first kappa shape index (κ1) is 30.9. The van der Waals surface area contributed by atoms with Crippen LogP contribution >= 0.6 is 0 Å². The second-order valence-corrected chi connectivity index (χ2v) is 13.5.